The molecule has 2 N–H and O–H groups in total. The molecule has 0 radical (unpaired) electrons. The van der Waals surface area contributed by atoms with Crippen LogP contribution in [0.2, 0.25) is 0 Å². The second kappa shape index (κ2) is 8.14. The average molecular weight is 394 g/mol. The number of hydrogen-bond donors (Lipinski definition) is 2. The Bertz CT molecular complexity index is 954. The maximum absolute atomic E-state index is 12.8. The molecule has 0 saturated carbocycles. The highest BCUT2D eigenvalue weighted by Gasteiger charge is 2.44. The molecule has 150 valence electrons. The highest BCUT2D eigenvalue weighted by atomic mass is 16.2. The van der Waals surface area contributed by atoms with Crippen LogP contribution in [-0.4, -0.2) is 48.3 Å². The van der Waals surface area contributed by atoms with E-state index in [0.717, 1.165) is 10.5 Å². The largest absolute Gasteiger partial charge is 0.355 e. The minimum Gasteiger partial charge on any atom is -0.355 e. The fraction of sp³-hybridized carbons (Fsp3) is 0.238. The Morgan fingerprint density at radius 2 is 1.62 bits per heavy atom. The molecule has 1 aliphatic heterocycles. The number of nitrogens with one attached hydrogen (secondary N) is 2. The van der Waals surface area contributed by atoms with E-state index in [1.54, 1.807) is 43.3 Å². The molecule has 0 aliphatic carbocycles. The average Bonchev–Trinajstić information content (AvgIpc) is 2.92. The molecule has 0 aromatic heterocycles. The van der Waals surface area contributed by atoms with Gasteiger partial charge in [0.25, 0.3) is 11.8 Å². The third-order valence-corrected chi connectivity index (χ3v) is 4.72. The number of urea groups is 1. The van der Waals surface area contributed by atoms with Crippen LogP contribution in [0.25, 0.3) is 0 Å². The van der Waals surface area contributed by atoms with Crippen LogP contribution in [0.4, 0.5) is 16.2 Å². The number of rotatable bonds is 5. The van der Waals surface area contributed by atoms with Crippen LogP contribution in [-0.2, 0) is 9.59 Å². The van der Waals surface area contributed by atoms with E-state index in [0.29, 0.717) is 16.9 Å². The zero-order chi connectivity index (χ0) is 21.1. The Morgan fingerprint density at radius 3 is 2.21 bits per heavy atom. The molecule has 3 rings (SSSR count). The zero-order valence-electron chi connectivity index (χ0n) is 16.4. The van der Waals surface area contributed by atoms with Crippen LogP contribution in [0.5, 0.6) is 0 Å². The van der Waals surface area contributed by atoms with Crippen LogP contribution >= 0.6 is 0 Å². The molecule has 8 heteroatoms. The van der Waals surface area contributed by atoms with Gasteiger partial charge in [-0.1, -0.05) is 17.7 Å². The summed E-state index contributed by atoms with van der Waals surface area (Å²) >= 11 is 0. The fourth-order valence-electron chi connectivity index (χ4n) is 3.10. The van der Waals surface area contributed by atoms with Crippen LogP contribution in [0, 0.1) is 6.92 Å². The Kier molecular flexibility index (Phi) is 5.63. The van der Waals surface area contributed by atoms with Crippen molar-refractivity contribution in [3.05, 3.63) is 59.7 Å². The molecule has 1 fully saturated rings. The van der Waals surface area contributed by atoms with Crippen molar-refractivity contribution in [1.82, 2.24) is 10.2 Å². The number of carbonyl (C=O) groups is 4. The quantitative estimate of drug-likeness (QED) is 0.759. The van der Waals surface area contributed by atoms with Gasteiger partial charge in [-0.25, -0.2) is 4.79 Å². The Hall–Kier alpha value is -3.68. The van der Waals surface area contributed by atoms with Crippen molar-refractivity contribution in [2.45, 2.75) is 19.9 Å². The van der Waals surface area contributed by atoms with E-state index in [9.17, 15) is 19.2 Å². The van der Waals surface area contributed by atoms with Gasteiger partial charge in [0.05, 0.1) is 0 Å². The van der Waals surface area contributed by atoms with Crippen molar-refractivity contribution >= 4 is 35.1 Å². The lowest BCUT2D eigenvalue weighted by Gasteiger charge is -2.19. The van der Waals surface area contributed by atoms with E-state index in [1.165, 1.54) is 11.9 Å². The van der Waals surface area contributed by atoms with Crippen LogP contribution < -0.4 is 15.5 Å². The number of anilines is 2. The minimum atomic E-state index is -0.690. The molecule has 1 heterocycles. The van der Waals surface area contributed by atoms with E-state index in [4.69, 9.17) is 0 Å². The summed E-state index contributed by atoms with van der Waals surface area (Å²) in [5.41, 5.74) is 2.57. The predicted molar refractivity (Wildman–Crippen MR) is 109 cm³/mol. The van der Waals surface area contributed by atoms with E-state index >= 15 is 0 Å². The first-order valence-corrected chi connectivity index (χ1v) is 9.15. The van der Waals surface area contributed by atoms with Crippen molar-refractivity contribution < 1.29 is 19.2 Å². The van der Waals surface area contributed by atoms with E-state index in [1.807, 2.05) is 19.1 Å². The Morgan fingerprint density at radius 1 is 1.00 bits per heavy atom. The number of hydrogen-bond acceptors (Lipinski definition) is 4. The molecule has 1 aliphatic rings. The van der Waals surface area contributed by atoms with Crippen molar-refractivity contribution in [3.63, 3.8) is 0 Å². The van der Waals surface area contributed by atoms with Crippen molar-refractivity contribution in [1.29, 1.82) is 0 Å². The molecule has 0 bridgehead atoms. The number of amides is 5. The SMILES string of the molecule is CNC(=O)c1ccc(NC(=O)CN2C(=O)C(C)N(c3ccc(C)cc3)C2=O)cc1. The van der Waals surface area contributed by atoms with Gasteiger partial charge in [-0.3, -0.25) is 24.2 Å². The smallest absolute Gasteiger partial charge is 0.332 e. The normalized spacial score (nSPS) is 16.2. The summed E-state index contributed by atoms with van der Waals surface area (Å²) in [6.45, 7) is 3.18. The molecule has 5 amide bonds. The lowest BCUT2D eigenvalue weighted by molar-refractivity contribution is -0.130. The van der Waals surface area contributed by atoms with Crippen LogP contribution in [0.1, 0.15) is 22.8 Å². The molecule has 0 spiro atoms. The fourth-order valence-corrected chi connectivity index (χ4v) is 3.10. The topological polar surface area (TPSA) is 98.8 Å². The number of nitrogens with zero attached hydrogens (tertiary/aromatic N) is 2. The van der Waals surface area contributed by atoms with Crippen LogP contribution in [0.3, 0.4) is 0 Å². The lowest BCUT2D eigenvalue weighted by atomic mass is 10.2. The summed E-state index contributed by atoms with van der Waals surface area (Å²) < 4.78 is 0. The molecule has 2 aromatic rings. The first kappa shape index (κ1) is 20.1. The van der Waals surface area contributed by atoms with Gasteiger partial charge in [-0.15, -0.1) is 0 Å². The summed E-state index contributed by atoms with van der Waals surface area (Å²) in [4.78, 5) is 51.6. The van der Waals surface area contributed by atoms with Gasteiger partial charge in [0.2, 0.25) is 5.91 Å². The molecular formula is C21H22N4O4. The second-order valence-electron chi connectivity index (χ2n) is 6.79. The van der Waals surface area contributed by atoms with Gasteiger partial charge < -0.3 is 10.6 Å². The van der Waals surface area contributed by atoms with Gasteiger partial charge in [0.1, 0.15) is 12.6 Å². The highest BCUT2D eigenvalue weighted by Crippen LogP contribution is 2.26. The molecule has 1 atom stereocenters. The van der Waals surface area contributed by atoms with E-state index in [2.05, 4.69) is 10.6 Å². The standard InChI is InChI=1S/C21H22N4O4/c1-13-4-10-17(11-5-13)25-14(2)20(28)24(21(25)29)12-18(26)23-16-8-6-15(7-9-16)19(27)22-3/h4-11,14H,12H2,1-3H3,(H,22,27)(H,23,26). The molecule has 29 heavy (non-hydrogen) atoms. The summed E-state index contributed by atoms with van der Waals surface area (Å²) in [5.74, 6) is -1.17. The number of benzene rings is 2. The summed E-state index contributed by atoms with van der Waals surface area (Å²) in [7, 11) is 1.53. The van der Waals surface area contributed by atoms with Crippen molar-refractivity contribution in [2.24, 2.45) is 0 Å². The van der Waals surface area contributed by atoms with Gasteiger partial charge in [-0.2, -0.15) is 0 Å². The third kappa shape index (κ3) is 4.11. The Balaban J connectivity index is 1.68. The third-order valence-electron chi connectivity index (χ3n) is 4.72. The van der Waals surface area contributed by atoms with Gasteiger partial charge in [0.15, 0.2) is 0 Å². The second-order valence-corrected chi connectivity index (χ2v) is 6.79. The van der Waals surface area contributed by atoms with Crippen LogP contribution in [0.15, 0.2) is 48.5 Å². The monoisotopic (exact) mass is 394 g/mol. The maximum atomic E-state index is 12.8. The molecule has 8 nitrogen and oxygen atoms in total. The molecule has 2 aromatic carbocycles. The first-order chi connectivity index (χ1) is 13.8. The van der Waals surface area contributed by atoms with Crippen molar-refractivity contribution in [3.8, 4) is 0 Å². The zero-order valence-corrected chi connectivity index (χ0v) is 16.4. The van der Waals surface area contributed by atoms with Gasteiger partial charge in [-0.05, 0) is 50.2 Å². The maximum Gasteiger partial charge on any atom is 0.332 e. The van der Waals surface area contributed by atoms with E-state index in [-0.39, 0.29) is 12.5 Å². The summed E-state index contributed by atoms with van der Waals surface area (Å²) in [6, 6.07) is 12.3. The van der Waals surface area contributed by atoms with Gasteiger partial charge >= 0.3 is 6.03 Å². The summed E-state index contributed by atoms with van der Waals surface area (Å²) in [6.07, 6.45) is 0. The molecule has 1 saturated heterocycles. The van der Waals surface area contributed by atoms with Crippen molar-refractivity contribution in [2.75, 3.05) is 23.8 Å². The predicted octanol–water partition coefficient (Wildman–Crippen LogP) is 2.15. The van der Waals surface area contributed by atoms with Gasteiger partial charge in [0, 0.05) is 24.0 Å². The molecular weight excluding hydrogens is 372 g/mol. The number of aryl methyl sites for hydroxylation is 1. The number of imide groups is 1. The Labute approximate surface area is 168 Å². The first-order valence-electron chi connectivity index (χ1n) is 9.15. The summed E-state index contributed by atoms with van der Waals surface area (Å²) in [5, 5.41) is 5.15. The minimum absolute atomic E-state index is 0.235. The highest BCUT2D eigenvalue weighted by molar-refractivity contribution is 6.16. The van der Waals surface area contributed by atoms with E-state index < -0.39 is 23.9 Å². The molecule has 1 unspecified atom stereocenters. The lowest BCUT2D eigenvalue weighted by Crippen LogP contribution is -2.39. The number of carbonyl (C=O) groups excluding carboxylic acids is 4.